The predicted octanol–water partition coefficient (Wildman–Crippen LogP) is 4.26. The fourth-order valence-electron chi connectivity index (χ4n) is 3.00. The van der Waals surface area contributed by atoms with Gasteiger partial charge in [-0.1, -0.05) is 42.5 Å². The fourth-order valence-corrected chi connectivity index (χ4v) is 3.86. The molecule has 1 N–H and O–H groups in total. The van der Waals surface area contributed by atoms with Gasteiger partial charge in [0, 0.05) is 0 Å². The van der Waals surface area contributed by atoms with Crippen LogP contribution in [0.15, 0.2) is 78.9 Å². The molecule has 3 aromatic rings. The molecule has 1 unspecified atom stereocenters. The molecule has 0 aromatic heterocycles. The van der Waals surface area contributed by atoms with E-state index in [0.717, 1.165) is 10.6 Å². The van der Waals surface area contributed by atoms with Crippen molar-refractivity contribution in [2.45, 2.75) is 13.0 Å². The van der Waals surface area contributed by atoms with Crippen molar-refractivity contribution in [2.75, 3.05) is 17.1 Å². The summed E-state index contributed by atoms with van der Waals surface area (Å²) in [7, 11) is -3.79. The highest BCUT2D eigenvalue weighted by molar-refractivity contribution is 7.92. The maximum atomic E-state index is 13.1. The SMILES string of the molecule is CC(NC(=O)CN(c1ccccc1Oc1ccccc1)S(C)(=O)=O)c1ccc(F)cc1. The number of para-hydroxylation sites is 3. The third kappa shape index (κ3) is 6.05. The number of rotatable bonds is 8. The molecule has 0 aliphatic carbocycles. The van der Waals surface area contributed by atoms with Crippen molar-refractivity contribution in [2.24, 2.45) is 0 Å². The molecule has 6 nitrogen and oxygen atoms in total. The average molecular weight is 443 g/mol. The lowest BCUT2D eigenvalue weighted by Gasteiger charge is -2.25. The molecule has 1 amide bonds. The highest BCUT2D eigenvalue weighted by atomic mass is 32.2. The first-order valence-electron chi connectivity index (χ1n) is 9.58. The Morgan fingerprint density at radius 1 is 1.00 bits per heavy atom. The van der Waals surface area contributed by atoms with Crippen LogP contribution in [-0.4, -0.2) is 27.1 Å². The fraction of sp³-hybridized carbons (Fsp3) is 0.174. The van der Waals surface area contributed by atoms with Gasteiger partial charge in [0.05, 0.1) is 18.0 Å². The summed E-state index contributed by atoms with van der Waals surface area (Å²) in [4.78, 5) is 12.7. The van der Waals surface area contributed by atoms with E-state index in [9.17, 15) is 17.6 Å². The number of anilines is 1. The molecule has 3 aromatic carbocycles. The second kappa shape index (κ2) is 9.61. The first kappa shape index (κ1) is 22.3. The smallest absolute Gasteiger partial charge is 0.241 e. The van der Waals surface area contributed by atoms with Crippen LogP contribution in [0, 0.1) is 5.82 Å². The Bertz CT molecular complexity index is 1140. The summed E-state index contributed by atoms with van der Waals surface area (Å²) in [6, 6.07) is 20.9. The van der Waals surface area contributed by atoms with E-state index in [-0.39, 0.29) is 11.5 Å². The number of halogens is 1. The standard InChI is InChI=1S/C23H23FN2O4S/c1-17(18-12-14-19(24)15-13-18)25-23(27)16-26(31(2,28)29)21-10-6-7-11-22(21)30-20-8-4-3-5-9-20/h3-15,17H,16H2,1-2H3,(H,25,27). The summed E-state index contributed by atoms with van der Waals surface area (Å²) >= 11 is 0. The van der Waals surface area contributed by atoms with E-state index in [0.29, 0.717) is 17.1 Å². The molecule has 8 heteroatoms. The third-order valence-corrected chi connectivity index (χ3v) is 5.67. The van der Waals surface area contributed by atoms with E-state index in [1.165, 1.54) is 12.1 Å². The van der Waals surface area contributed by atoms with E-state index >= 15 is 0 Å². The molecule has 31 heavy (non-hydrogen) atoms. The molecule has 0 saturated carbocycles. The van der Waals surface area contributed by atoms with Gasteiger partial charge >= 0.3 is 0 Å². The van der Waals surface area contributed by atoms with Crippen LogP contribution in [0.25, 0.3) is 0 Å². The van der Waals surface area contributed by atoms with E-state index in [2.05, 4.69) is 5.32 Å². The first-order chi connectivity index (χ1) is 14.7. The van der Waals surface area contributed by atoms with Crippen molar-refractivity contribution in [3.8, 4) is 11.5 Å². The van der Waals surface area contributed by atoms with Gasteiger partial charge in [-0.3, -0.25) is 9.10 Å². The lowest BCUT2D eigenvalue weighted by molar-refractivity contribution is -0.120. The molecule has 3 rings (SSSR count). The number of nitrogens with one attached hydrogen (secondary N) is 1. The van der Waals surface area contributed by atoms with Crippen LogP contribution in [0.1, 0.15) is 18.5 Å². The van der Waals surface area contributed by atoms with Crippen LogP contribution in [0.2, 0.25) is 0 Å². The number of nitrogens with zero attached hydrogens (tertiary/aromatic N) is 1. The molecule has 0 bridgehead atoms. The molecule has 0 aliphatic heterocycles. The Kier molecular flexibility index (Phi) is 6.91. The van der Waals surface area contributed by atoms with Crippen molar-refractivity contribution < 1.29 is 22.3 Å². The Morgan fingerprint density at radius 3 is 2.26 bits per heavy atom. The third-order valence-electron chi connectivity index (χ3n) is 4.54. The van der Waals surface area contributed by atoms with Crippen LogP contribution in [0.3, 0.4) is 0 Å². The van der Waals surface area contributed by atoms with Gasteiger partial charge < -0.3 is 10.1 Å². The van der Waals surface area contributed by atoms with Crippen molar-refractivity contribution in [3.63, 3.8) is 0 Å². The maximum absolute atomic E-state index is 13.1. The van der Waals surface area contributed by atoms with Gasteiger partial charge in [0.2, 0.25) is 15.9 Å². The number of hydrogen-bond donors (Lipinski definition) is 1. The maximum Gasteiger partial charge on any atom is 0.241 e. The van der Waals surface area contributed by atoms with Gasteiger partial charge in [-0.25, -0.2) is 12.8 Å². The molecule has 0 spiro atoms. The number of carbonyl (C=O) groups excluding carboxylic acids is 1. The molecular weight excluding hydrogens is 419 g/mol. The second-order valence-electron chi connectivity index (χ2n) is 6.99. The molecule has 0 saturated heterocycles. The summed E-state index contributed by atoms with van der Waals surface area (Å²) in [5.74, 6) is -0.0337. The monoisotopic (exact) mass is 442 g/mol. The lowest BCUT2D eigenvalue weighted by Crippen LogP contribution is -2.41. The van der Waals surface area contributed by atoms with E-state index in [1.807, 2.05) is 6.07 Å². The van der Waals surface area contributed by atoms with Gasteiger partial charge in [0.25, 0.3) is 0 Å². The van der Waals surface area contributed by atoms with Gasteiger partial charge in [-0.15, -0.1) is 0 Å². The highest BCUT2D eigenvalue weighted by Crippen LogP contribution is 2.33. The Balaban J connectivity index is 1.81. The molecule has 0 aliphatic rings. The van der Waals surface area contributed by atoms with Crippen molar-refractivity contribution in [3.05, 3.63) is 90.2 Å². The topological polar surface area (TPSA) is 75.7 Å². The number of carbonyl (C=O) groups is 1. The minimum Gasteiger partial charge on any atom is -0.455 e. The number of amides is 1. The quantitative estimate of drug-likeness (QED) is 0.566. The average Bonchev–Trinajstić information content (AvgIpc) is 2.73. The largest absolute Gasteiger partial charge is 0.455 e. The van der Waals surface area contributed by atoms with Crippen LogP contribution >= 0.6 is 0 Å². The molecule has 162 valence electrons. The zero-order valence-electron chi connectivity index (χ0n) is 17.2. The Labute approximate surface area is 181 Å². The number of benzene rings is 3. The minimum atomic E-state index is -3.79. The molecule has 1 atom stereocenters. The van der Waals surface area contributed by atoms with Crippen molar-refractivity contribution >= 4 is 21.6 Å². The van der Waals surface area contributed by atoms with Gasteiger partial charge in [-0.05, 0) is 48.9 Å². The zero-order chi connectivity index (χ0) is 22.4. The number of hydrogen-bond acceptors (Lipinski definition) is 4. The van der Waals surface area contributed by atoms with Crippen molar-refractivity contribution in [1.29, 1.82) is 0 Å². The minimum absolute atomic E-state index is 0.249. The van der Waals surface area contributed by atoms with Gasteiger partial charge in [-0.2, -0.15) is 0 Å². The summed E-state index contributed by atoms with van der Waals surface area (Å²) in [5.41, 5.74) is 0.951. The number of ether oxygens (including phenoxy) is 1. The molecule has 0 heterocycles. The molecular formula is C23H23FN2O4S. The van der Waals surface area contributed by atoms with E-state index in [4.69, 9.17) is 4.74 Å². The zero-order valence-corrected chi connectivity index (χ0v) is 18.0. The highest BCUT2D eigenvalue weighted by Gasteiger charge is 2.25. The normalized spacial score (nSPS) is 12.1. The summed E-state index contributed by atoms with van der Waals surface area (Å²) < 4.78 is 45.0. The Hall–Kier alpha value is -3.39. The van der Waals surface area contributed by atoms with Crippen molar-refractivity contribution in [1.82, 2.24) is 5.32 Å². The number of sulfonamides is 1. The predicted molar refractivity (Wildman–Crippen MR) is 118 cm³/mol. The van der Waals surface area contributed by atoms with Crippen LogP contribution in [0.5, 0.6) is 11.5 Å². The lowest BCUT2D eigenvalue weighted by atomic mass is 10.1. The Morgan fingerprint density at radius 2 is 1.61 bits per heavy atom. The van der Waals surface area contributed by atoms with Gasteiger partial charge in [0.15, 0.2) is 5.75 Å². The first-order valence-corrected chi connectivity index (χ1v) is 11.4. The van der Waals surface area contributed by atoms with Crippen LogP contribution in [-0.2, 0) is 14.8 Å². The van der Waals surface area contributed by atoms with Gasteiger partial charge in [0.1, 0.15) is 18.1 Å². The molecule has 0 radical (unpaired) electrons. The second-order valence-corrected chi connectivity index (χ2v) is 8.90. The summed E-state index contributed by atoms with van der Waals surface area (Å²) in [6.07, 6.45) is 1.03. The summed E-state index contributed by atoms with van der Waals surface area (Å²) in [5, 5.41) is 2.75. The van der Waals surface area contributed by atoms with Crippen LogP contribution in [0.4, 0.5) is 10.1 Å². The van der Waals surface area contributed by atoms with E-state index in [1.54, 1.807) is 67.6 Å². The van der Waals surface area contributed by atoms with E-state index < -0.39 is 28.5 Å². The molecule has 0 fully saturated rings. The van der Waals surface area contributed by atoms with Crippen LogP contribution < -0.4 is 14.4 Å². The summed E-state index contributed by atoms with van der Waals surface area (Å²) in [6.45, 7) is 1.31.